The summed E-state index contributed by atoms with van der Waals surface area (Å²) in [6.07, 6.45) is 1.99. The van der Waals surface area contributed by atoms with Crippen LogP contribution in [0.25, 0.3) is 0 Å². The summed E-state index contributed by atoms with van der Waals surface area (Å²) < 4.78 is 24.4. The van der Waals surface area contributed by atoms with Gasteiger partial charge < -0.3 is 4.90 Å². The number of nitrogens with zero attached hydrogens (tertiary/aromatic N) is 2. The van der Waals surface area contributed by atoms with E-state index in [1.54, 1.807) is 16.7 Å². The summed E-state index contributed by atoms with van der Waals surface area (Å²) in [4.78, 5) is 15.5. The van der Waals surface area contributed by atoms with Crippen molar-refractivity contribution in [3.63, 3.8) is 0 Å². The van der Waals surface area contributed by atoms with Crippen molar-refractivity contribution in [2.75, 3.05) is 32.4 Å². The van der Waals surface area contributed by atoms with E-state index in [1.165, 1.54) is 21.0 Å². The van der Waals surface area contributed by atoms with Crippen LogP contribution in [0, 0.1) is 0 Å². The number of benzene rings is 1. The molecule has 1 aromatic carbocycles. The third kappa shape index (κ3) is 3.09. The van der Waals surface area contributed by atoms with Crippen molar-refractivity contribution in [3.05, 3.63) is 29.8 Å². The van der Waals surface area contributed by atoms with Crippen LogP contribution in [-0.4, -0.2) is 61.2 Å². The summed E-state index contributed by atoms with van der Waals surface area (Å²) in [6.45, 7) is 1.77. The average Bonchev–Trinajstić information content (AvgIpc) is 2.89. The predicted molar refractivity (Wildman–Crippen MR) is 82.8 cm³/mol. The number of carbonyl (C=O) groups is 1. The molecule has 0 spiro atoms. The molecule has 0 radical (unpaired) electrons. The molecule has 2 aliphatic heterocycles. The van der Waals surface area contributed by atoms with Crippen molar-refractivity contribution in [1.29, 1.82) is 0 Å². The second-order valence-corrected chi connectivity index (χ2v) is 8.63. The smallest absolute Gasteiger partial charge is 0.236 e. The van der Waals surface area contributed by atoms with Crippen molar-refractivity contribution in [1.82, 2.24) is 9.21 Å². The maximum atomic E-state index is 12.6. The SMILES string of the molecule is CS(=O)(=O)N1CCN(C(=O)C2Cc3ccccc3S2)CC1. The first kappa shape index (κ1) is 14.9. The van der Waals surface area contributed by atoms with Crippen molar-refractivity contribution in [2.45, 2.75) is 16.6 Å². The molecule has 0 bridgehead atoms. The van der Waals surface area contributed by atoms with Gasteiger partial charge in [0, 0.05) is 31.1 Å². The lowest BCUT2D eigenvalue weighted by Gasteiger charge is -2.34. The molecule has 1 amide bonds. The van der Waals surface area contributed by atoms with E-state index in [2.05, 4.69) is 12.1 Å². The fraction of sp³-hybridized carbons (Fsp3) is 0.500. The molecule has 114 valence electrons. The molecular formula is C14H18N2O3S2. The first-order valence-electron chi connectivity index (χ1n) is 6.93. The molecule has 2 aliphatic rings. The molecule has 0 saturated carbocycles. The van der Waals surface area contributed by atoms with Crippen LogP contribution < -0.4 is 0 Å². The normalized spacial score (nSPS) is 23.1. The van der Waals surface area contributed by atoms with Crippen molar-refractivity contribution < 1.29 is 13.2 Å². The second-order valence-electron chi connectivity index (χ2n) is 5.41. The van der Waals surface area contributed by atoms with Crippen molar-refractivity contribution in [2.24, 2.45) is 0 Å². The van der Waals surface area contributed by atoms with Crippen LogP contribution >= 0.6 is 11.8 Å². The number of hydrogen-bond donors (Lipinski definition) is 0. The first-order chi connectivity index (χ1) is 9.95. The highest BCUT2D eigenvalue weighted by molar-refractivity contribution is 8.01. The van der Waals surface area contributed by atoms with Crippen LogP contribution in [0.15, 0.2) is 29.2 Å². The number of sulfonamides is 1. The Labute approximate surface area is 129 Å². The van der Waals surface area contributed by atoms with Gasteiger partial charge in [0.15, 0.2) is 0 Å². The Hall–Kier alpha value is -1.05. The molecule has 7 heteroatoms. The highest BCUT2D eigenvalue weighted by atomic mass is 32.2. The summed E-state index contributed by atoms with van der Waals surface area (Å²) in [5.41, 5.74) is 1.23. The summed E-state index contributed by atoms with van der Waals surface area (Å²) in [5, 5.41) is -0.0628. The standard InChI is InChI=1S/C14H18N2O3S2/c1-21(18,19)16-8-6-15(7-9-16)14(17)13-10-11-4-2-3-5-12(11)20-13/h2-5,13H,6-10H2,1H3. The zero-order chi connectivity index (χ0) is 15.0. The van der Waals surface area contributed by atoms with Crippen LogP contribution in [0.4, 0.5) is 0 Å². The van der Waals surface area contributed by atoms with Gasteiger partial charge in [-0.1, -0.05) is 18.2 Å². The Kier molecular flexibility index (Phi) is 3.98. The third-order valence-electron chi connectivity index (χ3n) is 3.94. The van der Waals surface area contributed by atoms with Gasteiger partial charge in [0.1, 0.15) is 0 Å². The molecule has 0 aliphatic carbocycles. The molecule has 1 aromatic rings. The number of thioether (sulfide) groups is 1. The summed E-state index contributed by atoms with van der Waals surface area (Å²) in [7, 11) is -3.15. The fourth-order valence-electron chi connectivity index (χ4n) is 2.76. The van der Waals surface area contributed by atoms with Crippen LogP contribution in [0.2, 0.25) is 0 Å². The van der Waals surface area contributed by atoms with Gasteiger partial charge in [-0.15, -0.1) is 11.8 Å². The van der Waals surface area contributed by atoms with E-state index < -0.39 is 10.0 Å². The van der Waals surface area contributed by atoms with Crippen molar-refractivity contribution in [3.8, 4) is 0 Å². The van der Waals surface area contributed by atoms with E-state index >= 15 is 0 Å². The Morgan fingerprint density at radius 1 is 1.19 bits per heavy atom. The highest BCUT2D eigenvalue weighted by Gasteiger charge is 2.33. The summed E-state index contributed by atoms with van der Waals surface area (Å²) in [5.74, 6) is 0.129. The zero-order valence-electron chi connectivity index (χ0n) is 11.9. The van der Waals surface area contributed by atoms with E-state index in [1.807, 2.05) is 12.1 Å². The molecular weight excluding hydrogens is 308 g/mol. The van der Waals surface area contributed by atoms with Crippen molar-refractivity contribution >= 4 is 27.7 Å². The second kappa shape index (κ2) is 5.62. The first-order valence-corrected chi connectivity index (χ1v) is 9.66. The Morgan fingerprint density at radius 2 is 1.86 bits per heavy atom. The van der Waals surface area contributed by atoms with Gasteiger partial charge in [-0.3, -0.25) is 4.79 Å². The maximum Gasteiger partial charge on any atom is 0.236 e. The van der Waals surface area contributed by atoms with E-state index in [9.17, 15) is 13.2 Å². The Morgan fingerprint density at radius 3 is 2.48 bits per heavy atom. The molecule has 21 heavy (non-hydrogen) atoms. The number of amides is 1. The predicted octanol–water partition coefficient (Wildman–Crippen LogP) is 0.807. The molecule has 0 N–H and O–H groups in total. The minimum absolute atomic E-state index is 0.0628. The molecule has 1 atom stereocenters. The van der Waals surface area contributed by atoms with Crippen LogP contribution in [0.3, 0.4) is 0 Å². The average molecular weight is 326 g/mol. The van der Waals surface area contributed by atoms with Gasteiger partial charge in [-0.05, 0) is 18.1 Å². The minimum atomic E-state index is -3.15. The van der Waals surface area contributed by atoms with E-state index in [4.69, 9.17) is 0 Å². The number of hydrogen-bond acceptors (Lipinski definition) is 4. The fourth-order valence-corrected chi connectivity index (χ4v) is 4.87. The van der Waals surface area contributed by atoms with Crippen LogP contribution in [0.1, 0.15) is 5.56 Å². The number of piperazine rings is 1. The van der Waals surface area contributed by atoms with Gasteiger partial charge >= 0.3 is 0 Å². The van der Waals surface area contributed by atoms with Gasteiger partial charge in [0.2, 0.25) is 15.9 Å². The minimum Gasteiger partial charge on any atom is -0.339 e. The molecule has 2 heterocycles. The molecule has 1 saturated heterocycles. The quantitative estimate of drug-likeness (QED) is 0.807. The zero-order valence-corrected chi connectivity index (χ0v) is 13.5. The summed E-state index contributed by atoms with van der Waals surface area (Å²) in [6, 6.07) is 8.10. The molecule has 3 rings (SSSR count). The molecule has 0 aromatic heterocycles. The Balaban J connectivity index is 1.61. The van der Waals surface area contributed by atoms with Crippen LogP contribution in [-0.2, 0) is 21.2 Å². The van der Waals surface area contributed by atoms with Gasteiger partial charge in [-0.25, -0.2) is 8.42 Å². The van der Waals surface area contributed by atoms with E-state index in [-0.39, 0.29) is 11.2 Å². The van der Waals surface area contributed by atoms with E-state index in [0.29, 0.717) is 26.2 Å². The van der Waals surface area contributed by atoms with Gasteiger partial charge in [-0.2, -0.15) is 4.31 Å². The Bertz CT molecular complexity index is 627. The van der Waals surface area contributed by atoms with Crippen LogP contribution in [0.5, 0.6) is 0 Å². The number of carbonyl (C=O) groups excluding carboxylic acids is 1. The largest absolute Gasteiger partial charge is 0.339 e. The number of fused-ring (bicyclic) bond motifs is 1. The van der Waals surface area contributed by atoms with Gasteiger partial charge in [0.25, 0.3) is 0 Å². The van der Waals surface area contributed by atoms with E-state index in [0.717, 1.165) is 6.42 Å². The monoisotopic (exact) mass is 326 g/mol. The van der Waals surface area contributed by atoms with Gasteiger partial charge in [0.05, 0.1) is 11.5 Å². The maximum absolute atomic E-state index is 12.6. The lowest BCUT2D eigenvalue weighted by molar-refractivity contribution is -0.131. The molecule has 5 nitrogen and oxygen atoms in total. The summed E-state index contributed by atoms with van der Waals surface area (Å²) >= 11 is 1.62. The lowest BCUT2D eigenvalue weighted by atomic mass is 10.1. The third-order valence-corrected chi connectivity index (χ3v) is 6.55. The molecule has 1 unspecified atom stereocenters. The molecule has 1 fully saturated rings. The number of rotatable bonds is 2. The topological polar surface area (TPSA) is 57.7 Å². The highest BCUT2D eigenvalue weighted by Crippen LogP contribution is 2.37. The lowest BCUT2D eigenvalue weighted by Crippen LogP contribution is -2.52.